The van der Waals surface area contributed by atoms with Crippen LogP contribution in [-0.2, 0) is 9.47 Å². The second-order valence-corrected chi connectivity index (χ2v) is 6.57. The molecule has 2 atom stereocenters. The van der Waals surface area contributed by atoms with Crippen LogP contribution in [-0.4, -0.2) is 40.8 Å². The largest absolute Gasteiger partial charge is 0.444 e. The van der Waals surface area contributed by atoms with Gasteiger partial charge in [-0.2, -0.15) is 0 Å². The molecule has 0 spiro atoms. The predicted octanol–water partition coefficient (Wildman–Crippen LogP) is 3.49. The number of nitrogens with one attached hydrogen (secondary N) is 1. The summed E-state index contributed by atoms with van der Waals surface area (Å²) < 4.78 is 11.4. The number of aromatic amines is 1. The number of hydrogen-bond donors (Lipinski definition) is 1. The Labute approximate surface area is 126 Å². The van der Waals surface area contributed by atoms with Crippen LogP contribution in [0.3, 0.4) is 0 Å². The molecule has 0 bridgehead atoms. The predicted molar refractivity (Wildman–Crippen MR) is 81.1 cm³/mol. The second-order valence-electron chi connectivity index (χ2n) is 6.57. The molecule has 1 saturated heterocycles. The number of aromatic nitrogens is 1. The Morgan fingerprint density at radius 1 is 1.52 bits per heavy atom. The standard InChI is InChI=1S/C16H26N2O3/c1-12(14-8-5-9-17-14)20-11-13-7-6-10-18(13)15(19)21-16(2,3)4/h5,8-9,12-13,17H,6-7,10-11H2,1-4H3/t12-,13-/m0/s1. The minimum atomic E-state index is -0.456. The number of nitrogens with zero attached hydrogens (tertiary/aromatic N) is 1. The third-order valence-corrected chi connectivity index (χ3v) is 3.60. The van der Waals surface area contributed by atoms with Gasteiger partial charge in [-0.15, -0.1) is 0 Å². The van der Waals surface area contributed by atoms with Gasteiger partial charge < -0.3 is 19.4 Å². The first-order valence-electron chi connectivity index (χ1n) is 7.61. The maximum Gasteiger partial charge on any atom is 0.410 e. The van der Waals surface area contributed by atoms with Gasteiger partial charge in [0.05, 0.1) is 18.8 Å². The summed E-state index contributed by atoms with van der Waals surface area (Å²) in [5.74, 6) is 0. The van der Waals surface area contributed by atoms with E-state index in [0.717, 1.165) is 25.1 Å². The van der Waals surface area contributed by atoms with Gasteiger partial charge in [0, 0.05) is 18.4 Å². The summed E-state index contributed by atoms with van der Waals surface area (Å²) in [4.78, 5) is 17.1. The summed E-state index contributed by atoms with van der Waals surface area (Å²) in [6.45, 7) is 8.97. The summed E-state index contributed by atoms with van der Waals surface area (Å²) in [6.07, 6.45) is 3.63. The topological polar surface area (TPSA) is 54.6 Å². The van der Waals surface area contributed by atoms with Gasteiger partial charge >= 0.3 is 6.09 Å². The maximum absolute atomic E-state index is 12.2. The molecule has 5 nitrogen and oxygen atoms in total. The Hall–Kier alpha value is -1.49. The number of likely N-dealkylation sites (tertiary alicyclic amines) is 1. The molecule has 1 aromatic rings. The molecule has 2 rings (SSSR count). The summed E-state index contributed by atoms with van der Waals surface area (Å²) in [5.41, 5.74) is 0.597. The van der Waals surface area contributed by atoms with E-state index in [1.54, 1.807) is 4.90 Å². The van der Waals surface area contributed by atoms with Crippen molar-refractivity contribution >= 4 is 6.09 Å². The van der Waals surface area contributed by atoms with Crippen molar-refractivity contribution in [2.24, 2.45) is 0 Å². The lowest BCUT2D eigenvalue weighted by Gasteiger charge is -2.29. The molecule has 1 aliphatic heterocycles. The van der Waals surface area contributed by atoms with Crippen molar-refractivity contribution in [1.29, 1.82) is 0 Å². The molecule has 1 amide bonds. The average Bonchev–Trinajstić information content (AvgIpc) is 3.04. The highest BCUT2D eigenvalue weighted by atomic mass is 16.6. The van der Waals surface area contributed by atoms with E-state index in [1.165, 1.54) is 0 Å². The van der Waals surface area contributed by atoms with Crippen molar-refractivity contribution in [3.63, 3.8) is 0 Å². The van der Waals surface area contributed by atoms with E-state index < -0.39 is 5.60 Å². The van der Waals surface area contributed by atoms with Crippen molar-refractivity contribution in [2.45, 2.75) is 58.3 Å². The van der Waals surface area contributed by atoms with Crippen LogP contribution in [0.1, 0.15) is 52.3 Å². The number of H-pyrrole nitrogens is 1. The third-order valence-electron chi connectivity index (χ3n) is 3.60. The van der Waals surface area contributed by atoms with E-state index in [4.69, 9.17) is 9.47 Å². The molecule has 2 heterocycles. The lowest BCUT2D eigenvalue weighted by molar-refractivity contribution is -0.00241. The first kappa shape index (κ1) is 15.9. The molecule has 1 aromatic heterocycles. The van der Waals surface area contributed by atoms with Crippen molar-refractivity contribution in [3.8, 4) is 0 Å². The van der Waals surface area contributed by atoms with Crippen molar-refractivity contribution < 1.29 is 14.3 Å². The summed E-state index contributed by atoms with van der Waals surface area (Å²) in [6, 6.07) is 4.07. The highest BCUT2D eigenvalue weighted by Gasteiger charge is 2.32. The zero-order chi connectivity index (χ0) is 15.5. The van der Waals surface area contributed by atoms with Gasteiger partial charge in [0.2, 0.25) is 0 Å². The number of amides is 1. The average molecular weight is 294 g/mol. The fourth-order valence-electron chi connectivity index (χ4n) is 2.51. The molecule has 118 valence electrons. The fraction of sp³-hybridized carbons (Fsp3) is 0.688. The van der Waals surface area contributed by atoms with E-state index in [1.807, 2.05) is 46.0 Å². The van der Waals surface area contributed by atoms with Crippen LogP contribution in [0.25, 0.3) is 0 Å². The Kier molecular flexibility index (Phi) is 4.93. The van der Waals surface area contributed by atoms with Crippen molar-refractivity contribution in [1.82, 2.24) is 9.88 Å². The zero-order valence-electron chi connectivity index (χ0n) is 13.4. The minimum absolute atomic E-state index is 0.00101. The van der Waals surface area contributed by atoms with Gasteiger partial charge in [-0.1, -0.05) is 0 Å². The van der Waals surface area contributed by atoms with E-state index in [0.29, 0.717) is 6.61 Å². The molecule has 21 heavy (non-hydrogen) atoms. The summed E-state index contributed by atoms with van der Waals surface area (Å²) in [5, 5.41) is 0. The SMILES string of the molecule is C[C@H](OC[C@@H]1CCCN1C(=O)OC(C)(C)C)c1ccc[nH]1. The number of carbonyl (C=O) groups excluding carboxylic acids is 1. The maximum atomic E-state index is 12.2. The quantitative estimate of drug-likeness (QED) is 0.924. The lowest BCUT2D eigenvalue weighted by atomic mass is 10.2. The Morgan fingerprint density at radius 2 is 2.29 bits per heavy atom. The van der Waals surface area contributed by atoms with Crippen LogP contribution in [0.2, 0.25) is 0 Å². The smallest absolute Gasteiger partial charge is 0.410 e. The van der Waals surface area contributed by atoms with Crippen molar-refractivity contribution in [2.75, 3.05) is 13.2 Å². The molecular weight excluding hydrogens is 268 g/mol. The molecule has 0 aliphatic carbocycles. The zero-order valence-corrected chi connectivity index (χ0v) is 13.4. The highest BCUT2D eigenvalue weighted by Crippen LogP contribution is 2.23. The molecule has 1 N–H and O–H groups in total. The number of carbonyl (C=O) groups is 1. The molecule has 1 fully saturated rings. The summed E-state index contributed by atoms with van der Waals surface area (Å²) >= 11 is 0. The highest BCUT2D eigenvalue weighted by molar-refractivity contribution is 5.68. The van der Waals surface area contributed by atoms with Gasteiger partial charge in [0.25, 0.3) is 0 Å². The van der Waals surface area contributed by atoms with E-state index in [9.17, 15) is 4.79 Å². The molecule has 0 unspecified atom stereocenters. The first-order valence-corrected chi connectivity index (χ1v) is 7.61. The molecule has 1 aliphatic rings. The second kappa shape index (κ2) is 6.52. The van der Waals surface area contributed by atoms with Crippen LogP contribution < -0.4 is 0 Å². The Bertz CT molecular complexity index is 451. The van der Waals surface area contributed by atoms with Crippen LogP contribution in [0.4, 0.5) is 4.79 Å². The molecule has 0 radical (unpaired) electrons. The Balaban J connectivity index is 1.86. The Morgan fingerprint density at radius 3 is 2.90 bits per heavy atom. The molecule has 0 saturated carbocycles. The number of rotatable bonds is 4. The van der Waals surface area contributed by atoms with Crippen LogP contribution in [0.5, 0.6) is 0 Å². The lowest BCUT2D eigenvalue weighted by Crippen LogP contribution is -2.41. The minimum Gasteiger partial charge on any atom is -0.444 e. The normalized spacial score (nSPS) is 20.6. The third kappa shape index (κ3) is 4.49. The van der Waals surface area contributed by atoms with Gasteiger partial charge in [-0.25, -0.2) is 4.79 Å². The van der Waals surface area contributed by atoms with Crippen LogP contribution in [0.15, 0.2) is 18.3 Å². The van der Waals surface area contributed by atoms with E-state index in [-0.39, 0.29) is 18.2 Å². The van der Waals surface area contributed by atoms with Crippen LogP contribution >= 0.6 is 0 Å². The molecule has 5 heteroatoms. The molecule has 0 aromatic carbocycles. The van der Waals surface area contributed by atoms with E-state index >= 15 is 0 Å². The monoisotopic (exact) mass is 294 g/mol. The number of hydrogen-bond acceptors (Lipinski definition) is 3. The van der Waals surface area contributed by atoms with Gasteiger partial charge in [0.1, 0.15) is 5.60 Å². The van der Waals surface area contributed by atoms with Crippen molar-refractivity contribution in [3.05, 3.63) is 24.0 Å². The van der Waals surface area contributed by atoms with Crippen LogP contribution in [0, 0.1) is 0 Å². The van der Waals surface area contributed by atoms with E-state index in [2.05, 4.69) is 4.98 Å². The van der Waals surface area contributed by atoms with Gasteiger partial charge in [-0.3, -0.25) is 0 Å². The summed E-state index contributed by atoms with van der Waals surface area (Å²) in [7, 11) is 0. The molecular formula is C16H26N2O3. The fourth-order valence-corrected chi connectivity index (χ4v) is 2.51. The number of ether oxygens (including phenoxy) is 2. The van der Waals surface area contributed by atoms with Gasteiger partial charge in [0.15, 0.2) is 0 Å². The first-order chi connectivity index (χ1) is 9.87. The van der Waals surface area contributed by atoms with Gasteiger partial charge in [-0.05, 0) is 52.7 Å².